The molecule has 0 atom stereocenters. The SMILES string of the molecule is CCOc1cccc(CN2CCc3c(C(=O)N4CCCC4)c(OC)cc(=O)n3CC2)c1. The number of pyridine rings is 1. The molecule has 166 valence electrons. The fraction of sp³-hybridized carbons (Fsp3) is 0.500. The zero-order valence-electron chi connectivity index (χ0n) is 18.4. The van der Waals surface area contributed by atoms with Gasteiger partial charge in [0.15, 0.2) is 0 Å². The lowest BCUT2D eigenvalue weighted by Crippen LogP contribution is -2.33. The monoisotopic (exact) mass is 425 g/mol. The van der Waals surface area contributed by atoms with E-state index in [4.69, 9.17) is 9.47 Å². The number of nitrogens with zero attached hydrogens (tertiary/aromatic N) is 3. The zero-order valence-corrected chi connectivity index (χ0v) is 18.4. The number of rotatable bonds is 6. The molecule has 0 aliphatic carbocycles. The van der Waals surface area contributed by atoms with Gasteiger partial charge in [0.1, 0.15) is 17.1 Å². The van der Waals surface area contributed by atoms with Crippen molar-refractivity contribution < 1.29 is 14.3 Å². The predicted octanol–water partition coefficient (Wildman–Crippen LogP) is 2.55. The van der Waals surface area contributed by atoms with Crippen LogP contribution in [0.25, 0.3) is 0 Å². The second kappa shape index (κ2) is 9.56. The van der Waals surface area contributed by atoms with Crippen LogP contribution in [-0.2, 0) is 19.5 Å². The molecule has 0 radical (unpaired) electrons. The molecule has 7 heteroatoms. The molecule has 0 spiro atoms. The van der Waals surface area contributed by atoms with Crippen molar-refractivity contribution in [2.24, 2.45) is 0 Å². The molecule has 2 aliphatic heterocycles. The van der Waals surface area contributed by atoms with Crippen molar-refractivity contribution in [2.45, 2.75) is 39.3 Å². The van der Waals surface area contributed by atoms with Crippen LogP contribution < -0.4 is 15.0 Å². The molecule has 0 unspecified atom stereocenters. The Hall–Kier alpha value is -2.80. The number of carbonyl (C=O) groups excluding carboxylic acids is 1. The van der Waals surface area contributed by atoms with E-state index in [1.54, 1.807) is 4.57 Å². The van der Waals surface area contributed by atoms with Gasteiger partial charge in [0.25, 0.3) is 11.5 Å². The van der Waals surface area contributed by atoms with Gasteiger partial charge in [-0.25, -0.2) is 0 Å². The van der Waals surface area contributed by atoms with Crippen LogP contribution in [0.2, 0.25) is 0 Å². The van der Waals surface area contributed by atoms with E-state index in [1.807, 2.05) is 24.0 Å². The first kappa shape index (κ1) is 21.4. The minimum Gasteiger partial charge on any atom is -0.496 e. The van der Waals surface area contributed by atoms with Crippen LogP contribution in [-0.4, -0.2) is 60.2 Å². The number of amides is 1. The van der Waals surface area contributed by atoms with Crippen molar-refractivity contribution in [1.82, 2.24) is 14.4 Å². The Labute approximate surface area is 183 Å². The van der Waals surface area contributed by atoms with Gasteiger partial charge in [-0.2, -0.15) is 0 Å². The summed E-state index contributed by atoms with van der Waals surface area (Å²) >= 11 is 0. The Morgan fingerprint density at radius 3 is 2.61 bits per heavy atom. The lowest BCUT2D eigenvalue weighted by Gasteiger charge is -2.21. The number of benzene rings is 1. The molecule has 1 saturated heterocycles. The highest BCUT2D eigenvalue weighted by atomic mass is 16.5. The molecule has 1 aromatic carbocycles. The third-order valence-corrected chi connectivity index (χ3v) is 6.13. The predicted molar refractivity (Wildman–Crippen MR) is 119 cm³/mol. The smallest absolute Gasteiger partial charge is 0.259 e. The van der Waals surface area contributed by atoms with E-state index in [9.17, 15) is 9.59 Å². The molecule has 0 saturated carbocycles. The molecule has 1 fully saturated rings. The van der Waals surface area contributed by atoms with E-state index >= 15 is 0 Å². The normalized spacial score (nSPS) is 16.6. The maximum atomic E-state index is 13.3. The molecule has 0 bridgehead atoms. The molecule has 0 N–H and O–H groups in total. The molecule has 7 nitrogen and oxygen atoms in total. The summed E-state index contributed by atoms with van der Waals surface area (Å²) in [6.45, 7) is 7.00. The first-order chi connectivity index (χ1) is 15.1. The average molecular weight is 426 g/mol. The number of hydrogen-bond donors (Lipinski definition) is 0. The second-order valence-corrected chi connectivity index (χ2v) is 8.13. The van der Waals surface area contributed by atoms with Gasteiger partial charge < -0.3 is 18.9 Å². The van der Waals surface area contributed by atoms with Crippen molar-refractivity contribution in [1.29, 1.82) is 0 Å². The van der Waals surface area contributed by atoms with E-state index in [1.165, 1.54) is 18.7 Å². The lowest BCUT2D eigenvalue weighted by atomic mass is 10.1. The standard InChI is InChI=1S/C24H31N3O4/c1-3-31-19-8-6-7-18(15-19)17-25-12-9-20-23(24(29)26-10-4-5-11-26)21(30-2)16-22(28)27(20)14-13-25/h6-8,15-16H,3-5,9-14,17H2,1-2H3. The molecule has 1 aromatic heterocycles. The third kappa shape index (κ3) is 4.61. The Balaban J connectivity index is 1.59. The minimum atomic E-state index is -0.106. The van der Waals surface area contributed by atoms with Crippen molar-refractivity contribution in [3.05, 3.63) is 57.5 Å². The molecule has 2 aliphatic rings. The summed E-state index contributed by atoms with van der Waals surface area (Å²) in [7, 11) is 1.53. The summed E-state index contributed by atoms with van der Waals surface area (Å²) in [6, 6.07) is 9.60. The van der Waals surface area contributed by atoms with E-state index in [-0.39, 0.29) is 11.5 Å². The summed E-state index contributed by atoms with van der Waals surface area (Å²) in [5, 5.41) is 0. The fourth-order valence-corrected chi connectivity index (χ4v) is 4.58. The summed E-state index contributed by atoms with van der Waals surface area (Å²) in [4.78, 5) is 30.3. The van der Waals surface area contributed by atoms with Gasteiger partial charge >= 0.3 is 0 Å². The van der Waals surface area contributed by atoms with Crippen molar-refractivity contribution >= 4 is 5.91 Å². The van der Waals surface area contributed by atoms with E-state index < -0.39 is 0 Å². The van der Waals surface area contributed by atoms with Gasteiger partial charge in [-0.3, -0.25) is 14.5 Å². The summed E-state index contributed by atoms with van der Waals surface area (Å²) in [6.07, 6.45) is 2.68. The summed E-state index contributed by atoms with van der Waals surface area (Å²) < 4.78 is 12.9. The maximum Gasteiger partial charge on any atom is 0.259 e. The third-order valence-electron chi connectivity index (χ3n) is 6.13. The number of carbonyl (C=O) groups is 1. The number of ether oxygens (including phenoxy) is 2. The quantitative estimate of drug-likeness (QED) is 0.712. The zero-order chi connectivity index (χ0) is 21.8. The fourth-order valence-electron chi connectivity index (χ4n) is 4.58. The number of hydrogen-bond acceptors (Lipinski definition) is 5. The highest BCUT2D eigenvalue weighted by molar-refractivity contribution is 5.98. The van der Waals surface area contributed by atoms with Gasteiger partial charge in [0.05, 0.1) is 13.7 Å². The van der Waals surface area contributed by atoms with Crippen LogP contribution in [0, 0.1) is 0 Å². The number of likely N-dealkylation sites (tertiary alicyclic amines) is 1. The highest BCUT2D eigenvalue weighted by Crippen LogP contribution is 2.26. The topological polar surface area (TPSA) is 64.0 Å². The highest BCUT2D eigenvalue weighted by Gasteiger charge is 2.29. The first-order valence-corrected chi connectivity index (χ1v) is 11.1. The molecule has 1 amide bonds. The van der Waals surface area contributed by atoms with Crippen molar-refractivity contribution in [2.75, 3.05) is 39.9 Å². The molecule has 3 heterocycles. The van der Waals surface area contributed by atoms with Gasteiger partial charge in [-0.05, 0) is 37.5 Å². The van der Waals surface area contributed by atoms with Crippen LogP contribution in [0.5, 0.6) is 11.5 Å². The molecule has 2 aromatic rings. The van der Waals surface area contributed by atoms with Gasteiger partial charge in [0, 0.05) is 57.4 Å². The second-order valence-electron chi connectivity index (χ2n) is 8.13. The van der Waals surface area contributed by atoms with Crippen LogP contribution in [0.3, 0.4) is 0 Å². The van der Waals surface area contributed by atoms with Crippen LogP contribution in [0.15, 0.2) is 35.1 Å². The summed E-state index contributed by atoms with van der Waals surface area (Å²) in [5.41, 5.74) is 2.43. The van der Waals surface area contributed by atoms with Crippen LogP contribution in [0.4, 0.5) is 0 Å². The van der Waals surface area contributed by atoms with Crippen molar-refractivity contribution in [3.8, 4) is 11.5 Å². The first-order valence-electron chi connectivity index (χ1n) is 11.1. The maximum absolute atomic E-state index is 13.3. The van der Waals surface area contributed by atoms with E-state index in [2.05, 4.69) is 17.0 Å². The van der Waals surface area contributed by atoms with Crippen LogP contribution in [0.1, 0.15) is 41.4 Å². The average Bonchev–Trinajstić information content (AvgIpc) is 3.23. The van der Waals surface area contributed by atoms with Crippen LogP contribution >= 0.6 is 0 Å². The van der Waals surface area contributed by atoms with Gasteiger partial charge in [-0.1, -0.05) is 12.1 Å². The minimum absolute atomic E-state index is 0.0176. The van der Waals surface area contributed by atoms with Crippen molar-refractivity contribution in [3.63, 3.8) is 0 Å². The van der Waals surface area contributed by atoms with Gasteiger partial charge in [0.2, 0.25) is 0 Å². The lowest BCUT2D eigenvalue weighted by molar-refractivity contribution is 0.0787. The molecular formula is C24H31N3O4. The number of methoxy groups -OCH3 is 1. The van der Waals surface area contributed by atoms with E-state index in [0.29, 0.717) is 30.9 Å². The number of fused-ring (bicyclic) bond motifs is 1. The Morgan fingerprint density at radius 2 is 1.87 bits per heavy atom. The largest absolute Gasteiger partial charge is 0.496 e. The Morgan fingerprint density at radius 1 is 1.06 bits per heavy atom. The Kier molecular flexibility index (Phi) is 6.61. The molecular weight excluding hydrogens is 394 g/mol. The van der Waals surface area contributed by atoms with E-state index in [0.717, 1.165) is 57.0 Å². The Bertz CT molecular complexity index is 995. The number of aromatic nitrogens is 1. The molecule has 4 rings (SSSR count). The molecule has 31 heavy (non-hydrogen) atoms. The van der Waals surface area contributed by atoms with Gasteiger partial charge in [-0.15, -0.1) is 0 Å². The summed E-state index contributed by atoms with van der Waals surface area (Å²) in [5.74, 6) is 1.25.